The van der Waals surface area contributed by atoms with Crippen LogP contribution in [0.5, 0.6) is 0 Å². The first-order valence-corrected chi connectivity index (χ1v) is 12.2. The molecule has 0 saturated carbocycles. The molecule has 0 spiro atoms. The number of amides is 2. The topological polar surface area (TPSA) is 61.4 Å². The SMILES string of the molecule is CC(NC(=O)c1cc2ccccc2s1)C(=O)NCC1CCN(Cc2ccc(Cl)cc2)CC1. The number of carbonyl (C=O) groups is 2. The van der Waals surface area contributed by atoms with Crippen LogP contribution < -0.4 is 10.6 Å². The summed E-state index contributed by atoms with van der Waals surface area (Å²) in [5.41, 5.74) is 1.27. The number of carbonyl (C=O) groups excluding carboxylic acids is 2. The molecule has 168 valence electrons. The number of fused-ring (bicyclic) bond motifs is 1. The van der Waals surface area contributed by atoms with Gasteiger partial charge in [-0.05, 0) is 74.0 Å². The van der Waals surface area contributed by atoms with Gasteiger partial charge < -0.3 is 10.6 Å². The maximum Gasteiger partial charge on any atom is 0.262 e. The number of nitrogens with one attached hydrogen (secondary N) is 2. The van der Waals surface area contributed by atoms with Crippen LogP contribution in [0.2, 0.25) is 5.02 Å². The average Bonchev–Trinajstić information content (AvgIpc) is 3.24. The summed E-state index contributed by atoms with van der Waals surface area (Å²) >= 11 is 7.40. The average molecular weight is 470 g/mol. The lowest BCUT2D eigenvalue weighted by Crippen LogP contribution is -2.46. The molecule has 1 aliphatic rings. The number of halogens is 1. The van der Waals surface area contributed by atoms with Crippen LogP contribution in [-0.4, -0.2) is 42.4 Å². The molecule has 1 fully saturated rings. The van der Waals surface area contributed by atoms with Crippen molar-refractivity contribution in [1.29, 1.82) is 0 Å². The van der Waals surface area contributed by atoms with E-state index in [1.54, 1.807) is 6.92 Å². The van der Waals surface area contributed by atoms with Crippen LogP contribution in [0.15, 0.2) is 54.6 Å². The molecule has 4 rings (SSSR count). The number of benzene rings is 2. The second-order valence-corrected chi connectivity index (χ2v) is 9.95. The number of piperidine rings is 1. The van der Waals surface area contributed by atoms with Gasteiger partial charge in [0.15, 0.2) is 0 Å². The highest BCUT2D eigenvalue weighted by Crippen LogP contribution is 2.25. The van der Waals surface area contributed by atoms with E-state index in [1.807, 2.05) is 42.5 Å². The zero-order valence-electron chi connectivity index (χ0n) is 18.1. The Morgan fingerprint density at radius 2 is 1.84 bits per heavy atom. The van der Waals surface area contributed by atoms with Crippen LogP contribution in [0, 0.1) is 5.92 Å². The molecule has 2 N–H and O–H groups in total. The molecule has 0 aliphatic carbocycles. The lowest BCUT2D eigenvalue weighted by Gasteiger charge is -2.32. The molecule has 2 amide bonds. The van der Waals surface area contributed by atoms with Gasteiger partial charge in [-0.25, -0.2) is 0 Å². The third-order valence-corrected chi connectivity index (χ3v) is 7.35. The van der Waals surface area contributed by atoms with Crippen molar-refractivity contribution < 1.29 is 9.59 Å². The maximum atomic E-state index is 12.5. The molecule has 5 nitrogen and oxygen atoms in total. The molecular formula is C25H28ClN3O2S. The van der Waals surface area contributed by atoms with Crippen LogP contribution in [0.25, 0.3) is 10.1 Å². The number of likely N-dealkylation sites (tertiary alicyclic amines) is 1. The maximum absolute atomic E-state index is 12.5. The van der Waals surface area contributed by atoms with E-state index in [-0.39, 0.29) is 11.8 Å². The molecule has 32 heavy (non-hydrogen) atoms. The lowest BCUT2D eigenvalue weighted by atomic mass is 9.96. The van der Waals surface area contributed by atoms with E-state index < -0.39 is 6.04 Å². The van der Waals surface area contributed by atoms with Gasteiger partial charge in [-0.1, -0.05) is 41.9 Å². The molecule has 1 aliphatic heterocycles. The van der Waals surface area contributed by atoms with Crippen molar-refractivity contribution in [2.45, 2.75) is 32.4 Å². The molecule has 7 heteroatoms. The molecule has 2 heterocycles. The summed E-state index contributed by atoms with van der Waals surface area (Å²) in [4.78, 5) is 28.1. The van der Waals surface area contributed by atoms with Gasteiger partial charge in [-0.2, -0.15) is 0 Å². The fourth-order valence-corrected chi connectivity index (χ4v) is 5.11. The van der Waals surface area contributed by atoms with Gasteiger partial charge in [0.25, 0.3) is 5.91 Å². The van der Waals surface area contributed by atoms with Crippen molar-refractivity contribution in [1.82, 2.24) is 15.5 Å². The first kappa shape index (κ1) is 22.8. The lowest BCUT2D eigenvalue weighted by molar-refractivity contribution is -0.122. The smallest absolute Gasteiger partial charge is 0.262 e. The molecular weight excluding hydrogens is 442 g/mol. The van der Waals surface area contributed by atoms with Gasteiger partial charge >= 0.3 is 0 Å². The first-order chi connectivity index (χ1) is 15.5. The van der Waals surface area contributed by atoms with E-state index in [1.165, 1.54) is 16.9 Å². The van der Waals surface area contributed by atoms with Gasteiger partial charge in [-0.3, -0.25) is 14.5 Å². The fourth-order valence-electron chi connectivity index (χ4n) is 4.02. The first-order valence-electron chi connectivity index (χ1n) is 11.0. The Bertz CT molecular complexity index is 1040. The summed E-state index contributed by atoms with van der Waals surface area (Å²) in [6.07, 6.45) is 2.10. The number of nitrogens with zero attached hydrogens (tertiary/aromatic N) is 1. The fraction of sp³-hybridized carbons (Fsp3) is 0.360. The second-order valence-electron chi connectivity index (χ2n) is 8.43. The van der Waals surface area contributed by atoms with Crippen molar-refractivity contribution >= 4 is 44.8 Å². The van der Waals surface area contributed by atoms with Crippen LogP contribution in [-0.2, 0) is 11.3 Å². The predicted octanol–water partition coefficient (Wildman–Crippen LogP) is 4.70. The van der Waals surface area contributed by atoms with Crippen molar-refractivity contribution in [3.05, 3.63) is 70.1 Å². The van der Waals surface area contributed by atoms with E-state index in [0.29, 0.717) is 17.3 Å². The van der Waals surface area contributed by atoms with Gasteiger partial charge in [-0.15, -0.1) is 11.3 Å². The summed E-state index contributed by atoms with van der Waals surface area (Å²) in [7, 11) is 0. The van der Waals surface area contributed by atoms with Gasteiger partial charge in [0.1, 0.15) is 6.04 Å². The second kappa shape index (κ2) is 10.5. The molecule has 1 aromatic heterocycles. The van der Waals surface area contributed by atoms with Crippen LogP contribution in [0.1, 0.15) is 35.0 Å². The largest absolute Gasteiger partial charge is 0.354 e. The Balaban J connectivity index is 1.19. The molecule has 0 radical (unpaired) electrons. The summed E-state index contributed by atoms with van der Waals surface area (Å²) < 4.78 is 1.07. The minimum absolute atomic E-state index is 0.136. The zero-order valence-corrected chi connectivity index (χ0v) is 19.7. The molecule has 1 atom stereocenters. The summed E-state index contributed by atoms with van der Waals surface area (Å²) in [5, 5.41) is 7.65. The normalized spacial score (nSPS) is 16.1. The molecule has 1 saturated heterocycles. The summed E-state index contributed by atoms with van der Waals surface area (Å²) in [6, 6.07) is 17.2. The summed E-state index contributed by atoms with van der Waals surface area (Å²) in [5.74, 6) is 0.123. The Morgan fingerprint density at radius 1 is 1.12 bits per heavy atom. The van der Waals surface area contributed by atoms with E-state index in [0.717, 1.165) is 47.6 Å². The van der Waals surface area contributed by atoms with Crippen molar-refractivity contribution in [2.24, 2.45) is 5.92 Å². The third-order valence-electron chi connectivity index (χ3n) is 5.98. The van der Waals surface area contributed by atoms with Crippen molar-refractivity contribution in [3.63, 3.8) is 0 Å². The number of thiophene rings is 1. The van der Waals surface area contributed by atoms with Gasteiger partial charge in [0, 0.05) is 22.8 Å². The quantitative estimate of drug-likeness (QED) is 0.527. The van der Waals surface area contributed by atoms with E-state index in [2.05, 4.69) is 27.7 Å². The zero-order chi connectivity index (χ0) is 22.5. The van der Waals surface area contributed by atoms with Crippen LogP contribution in [0.3, 0.4) is 0 Å². The van der Waals surface area contributed by atoms with Crippen LogP contribution >= 0.6 is 22.9 Å². The Morgan fingerprint density at radius 3 is 2.56 bits per heavy atom. The monoisotopic (exact) mass is 469 g/mol. The van der Waals surface area contributed by atoms with Crippen LogP contribution in [0.4, 0.5) is 0 Å². The van der Waals surface area contributed by atoms with E-state index in [9.17, 15) is 9.59 Å². The van der Waals surface area contributed by atoms with Crippen molar-refractivity contribution in [2.75, 3.05) is 19.6 Å². The molecule has 3 aromatic rings. The van der Waals surface area contributed by atoms with E-state index >= 15 is 0 Å². The minimum Gasteiger partial charge on any atom is -0.354 e. The Kier molecular flexibility index (Phi) is 7.45. The van der Waals surface area contributed by atoms with Crippen molar-refractivity contribution in [3.8, 4) is 0 Å². The molecule has 0 bridgehead atoms. The predicted molar refractivity (Wildman–Crippen MR) is 131 cm³/mol. The minimum atomic E-state index is -0.572. The Hall–Kier alpha value is -2.41. The summed E-state index contributed by atoms with van der Waals surface area (Å²) in [6.45, 7) is 5.34. The van der Waals surface area contributed by atoms with Gasteiger partial charge in [0.05, 0.1) is 4.88 Å². The number of hydrogen-bond acceptors (Lipinski definition) is 4. The molecule has 1 unspecified atom stereocenters. The van der Waals surface area contributed by atoms with Gasteiger partial charge in [0.2, 0.25) is 5.91 Å². The number of rotatable bonds is 7. The van der Waals surface area contributed by atoms with E-state index in [4.69, 9.17) is 11.6 Å². The molecule has 2 aromatic carbocycles. The standard InChI is InChI=1S/C25H28ClN3O2S/c1-17(28-25(31)23-14-20-4-2-3-5-22(20)32-23)24(30)27-15-18-10-12-29(13-11-18)16-19-6-8-21(26)9-7-19/h2-9,14,17-18H,10-13,15-16H2,1H3,(H,27,30)(H,28,31). The highest BCUT2D eigenvalue weighted by atomic mass is 35.5. The number of hydrogen-bond donors (Lipinski definition) is 2. The Labute approximate surface area is 197 Å². The highest BCUT2D eigenvalue weighted by molar-refractivity contribution is 7.20. The third kappa shape index (κ3) is 5.88. The highest BCUT2D eigenvalue weighted by Gasteiger charge is 2.22.